The van der Waals surface area contributed by atoms with E-state index in [1.807, 2.05) is 37.3 Å². The van der Waals surface area contributed by atoms with E-state index in [1.165, 1.54) is 4.90 Å². The number of amides is 1. The van der Waals surface area contributed by atoms with Gasteiger partial charge in [-0.15, -0.1) is 0 Å². The summed E-state index contributed by atoms with van der Waals surface area (Å²) in [6.07, 6.45) is 0. The second-order valence-corrected chi connectivity index (χ2v) is 9.13. The molecule has 162 valence electrons. The molecular formula is C24H26N2O4S. The van der Waals surface area contributed by atoms with Crippen LogP contribution in [0.1, 0.15) is 11.1 Å². The molecular weight excluding hydrogens is 412 g/mol. The molecule has 0 aromatic heterocycles. The molecule has 7 heteroatoms. The topological polar surface area (TPSA) is 66.9 Å². The maximum Gasteiger partial charge on any atom is 0.264 e. The number of benzene rings is 3. The Balaban J connectivity index is 1.87. The van der Waals surface area contributed by atoms with E-state index in [-0.39, 0.29) is 17.3 Å². The van der Waals surface area contributed by atoms with E-state index in [0.717, 1.165) is 15.4 Å². The first-order valence-corrected chi connectivity index (χ1v) is 11.3. The van der Waals surface area contributed by atoms with Crippen LogP contribution in [0.5, 0.6) is 5.75 Å². The van der Waals surface area contributed by atoms with Gasteiger partial charge in [0.25, 0.3) is 10.0 Å². The molecule has 3 rings (SSSR count). The second kappa shape index (κ2) is 9.66. The molecule has 0 bridgehead atoms. The van der Waals surface area contributed by atoms with Gasteiger partial charge in [0.05, 0.1) is 17.7 Å². The Hall–Kier alpha value is -3.32. The number of hydrogen-bond acceptors (Lipinski definition) is 4. The quantitative estimate of drug-likeness (QED) is 0.536. The lowest BCUT2D eigenvalue weighted by atomic mass is 10.2. The zero-order valence-corrected chi connectivity index (χ0v) is 18.7. The van der Waals surface area contributed by atoms with Crippen molar-refractivity contribution < 1.29 is 17.9 Å². The van der Waals surface area contributed by atoms with Crippen LogP contribution < -0.4 is 9.04 Å². The van der Waals surface area contributed by atoms with Crippen LogP contribution in [-0.2, 0) is 21.4 Å². The van der Waals surface area contributed by atoms with Crippen LogP contribution in [-0.4, -0.2) is 39.9 Å². The monoisotopic (exact) mass is 438 g/mol. The third-order valence-electron chi connectivity index (χ3n) is 4.88. The van der Waals surface area contributed by atoms with Gasteiger partial charge in [0.15, 0.2) is 0 Å². The molecule has 0 heterocycles. The average molecular weight is 439 g/mol. The van der Waals surface area contributed by atoms with Crippen LogP contribution in [0.2, 0.25) is 0 Å². The minimum Gasteiger partial charge on any atom is -0.497 e. The first kappa shape index (κ1) is 22.4. The Labute approximate surface area is 183 Å². The molecule has 0 atom stereocenters. The minimum absolute atomic E-state index is 0.152. The van der Waals surface area contributed by atoms with E-state index in [2.05, 4.69) is 0 Å². The number of ether oxygens (including phenoxy) is 1. The SMILES string of the molecule is COc1cccc(CN(C)C(=O)CN(c2ccccc2)S(=O)(=O)c2cccc(C)c2)c1. The zero-order valence-electron chi connectivity index (χ0n) is 17.9. The Morgan fingerprint density at radius 2 is 1.65 bits per heavy atom. The third-order valence-corrected chi connectivity index (χ3v) is 6.65. The lowest BCUT2D eigenvalue weighted by Gasteiger charge is -2.27. The fourth-order valence-corrected chi connectivity index (χ4v) is 4.71. The van der Waals surface area contributed by atoms with Gasteiger partial charge >= 0.3 is 0 Å². The summed E-state index contributed by atoms with van der Waals surface area (Å²) in [5.41, 5.74) is 2.16. The summed E-state index contributed by atoms with van der Waals surface area (Å²) >= 11 is 0. The average Bonchev–Trinajstić information content (AvgIpc) is 2.77. The maximum absolute atomic E-state index is 13.4. The van der Waals surface area contributed by atoms with Crippen molar-refractivity contribution in [1.29, 1.82) is 0 Å². The van der Waals surface area contributed by atoms with Crippen molar-refractivity contribution in [2.24, 2.45) is 0 Å². The van der Waals surface area contributed by atoms with E-state index in [0.29, 0.717) is 18.0 Å². The zero-order chi connectivity index (χ0) is 22.4. The number of carbonyl (C=O) groups is 1. The summed E-state index contributed by atoms with van der Waals surface area (Å²) in [6, 6.07) is 22.8. The van der Waals surface area contributed by atoms with Gasteiger partial charge in [-0.1, -0.05) is 42.5 Å². The molecule has 0 N–H and O–H groups in total. The van der Waals surface area contributed by atoms with Gasteiger partial charge < -0.3 is 9.64 Å². The van der Waals surface area contributed by atoms with E-state index in [9.17, 15) is 13.2 Å². The predicted molar refractivity (Wildman–Crippen MR) is 122 cm³/mol. The number of nitrogens with zero attached hydrogens (tertiary/aromatic N) is 2. The highest BCUT2D eigenvalue weighted by atomic mass is 32.2. The summed E-state index contributed by atoms with van der Waals surface area (Å²) in [6.45, 7) is 1.86. The molecule has 3 aromatic rings. The molecule has 0 fully saturated rings. The summed E-state index contributed by atoms with van der Waals surface area (Å²) in [5, 5.41) is 0. The molecule has 6 nitrogen and oxygen atoms in total. The number of hydrogen-bond donors (Lipinski definition) is 0. The number of rotatable bonds is 8. The molecule has 0 aliphatic carbocycles. The third kappa shape index (κ3) is 5.44. The molecule has 0 radical (unpaired) electrons. The molecule has 31 heavy (non-hydrogen) atoms. The summed E-state index contributed by atoms with van der Waals surface area (Å²) in [5.74, 6) is 0.384. The summed E-state index contributed by atoms with van der Waals surface area (Å²) in [4.78, 5) is 14.7. The highest BCUT2D eigenvalue weighted by Gasteiger charge is 2.28. The van der Waals surface area contributed by atoms with E-state index in [1.54, 1.807) is 62.7 Å². The van der Waals surface area contributed by atoms with Crippen molar-refractivity contribution in [3.05, 3.63) is 90.0 Å². The number of methoxy groups -OCH3 is 1. The number of para-hydroxylation sites is 1. The number of anilines is 1. The van der Waals surface area contributed by atoms with Crippen LogP contribution in [0, 0.1) is 6.92 Å². The van der Waals surface area contributed by atoms with E-state index < -0.39 is 10.0 Å². The van der Waals surface area contributed by atoms with Crippen molar-refractivity contribution >= 4 is 21.6 Å². The molecule has 0 saturated carbocycles. The number of likely N-dealkylation sites (N-methyl/N-ethyl adjacent to an activating group) is 1. The normalized spacial score (nSPS) is 11.1. The summed E-state index contributed by atoms with van der Waals surface area (Å²) in [7, 11) is -0.681. The van der Waals surface area contributed by atoms with Gasteiger partial charge in [-0.05, 0) is 54.4 Å². The van der Waals surface area contributed by atoms with Crippen molar-refractivity contribution in [3.63, 3.8) is 0 Å². The Bertz CT molecular complexity index is 1150. The molecule has 3 aromatic carbocycles. The predicted octanol–water partition coefficient (Wildman–Crippen LogP) is 3.86. The molecule has 0 aliphatic heterocycles. The van der Waals surface area contributed by atoms with Crippen molar-refractivity contribution in [1.82, 2.24) is 4.90 Å². The largest absolute Gasteiger partial charge is 0.497 e. The molecule has 0 saturated heterocycles. The minimum atomic E-state index is -3.92. The van der Waals surface area contributed by atoms with Crippen LogP contribution in [0.3, 0.4) is 0 Å². The lowest BCUT2D eigenvalue weighted by Crippen LogP contribution is -2.41. The second-order valence-electron chi connectivity index (χ2n) is 7.27. The van der Waals surface area contributed by atoms with Gasteiger partial charge in [-0.3, -0.25) is 9.10 Å². The lowest BCUT2D eigenvalue weighted by molar-refractivity contribution is -0.128. The number of sulfonamides is 1. The van der Waals surface area contributed by atoms with Gasteiger partial charge in [-0.25, -0.2) is 8.42 Å². The maximum atomic E-state index is 13.4. The van der Waals surface area contributed by atoms with Gasteiger partial charge in [-0.2, -0.15) is 0 Å². The Kier molecular flexibility index (Phi) is 6.97. The molecule has 0 unspecified atom stereocenters. The number of carbonyl (C=O) groups excluding carboxylic acids is 1. The summed E-state index contributed by atoms with van der Waals surface area (Å²) < 4.78 is 33.2. The number of aryl methyl sites for hydroxylation is 1. The van der Waals surface area contributed by atoms with E-state index >= 15 is 0 Å². The first-order valence-electron chi connectivity index (χ1n) is 9.82. The molecule has 1 amide bonds. The first-order chi connectivity index (χ1) is 14.8. The van der Waals surface area contributed by atoms with E-state index in [4.69, 9.17) is 4.74 Å². The van der Waals surface area contributed by atoms with Crippen LogP contribution in [0.4, 0.5) is 5.69 Å². The van der Waals surface area contributed by atoms with Crippen molar-refractivity contribution in [2.45, 2.75) is 18.4 Å². The van der Waals surface area contributed by atoms with Crippen LogP contribution in [0.15, 0.2) is 83.8 Å². The fraction of sp³-hybridized carbons (Fsp3) is 0.208. The van der Waals surface area contributed by atoms with Crippen molar-refractivity contribution in [3.8, 4) is 5.75 Å². The highest BCUT2D eigenvalue weighted by Crippen LogP contribution is 2.24. The Morgan fingerprint density at radius 3 is 2.32 bits per heavy atom. The standard InChI is InChI=1S/C24H26N2O4S/c1-19-9-7-14-23(15-19)31(28,29)26(21-11-5-4-6-12-21)18-24(27)25(2)17-20-10-8-13-22(16-20)30-3/h4-16H,17-18H2,1-3H3. The van der Waals surface area contributed by atoms with Crippen LogP contribution in [0.25, 0.3) is 0 Å². The highest BCUT2D eigenvalue weighted by molar-refractivity contribution is 7.92. The van der Waals surface area contributed by atoms with Gasteiger partial charge in [0, 0.05) is 13.6 Å². The smallest absolute Gasteiger partial charge is 0.264 e. The Morgan fingerprint density at radius 1 is 0.935 bits per heavy atom. The molecule has 0 aliphatic rings. The van der Waals surface area contributed by atoms with Gasteiger partial charge in [0.1, 0.15) is 12.3 Å². The van der Waals surface area contributed by atoms with Crippen molar-refractivity contribution in [2.75, 3.05) is 25.0 Å². The van der Waals surface area contributed by atoms with Crippen LogP contribution >= 0.6 is 0 Å². The fourth-order valence-electron chi connectivity index (χ4n) is 3.19. The molecule has 0 spiro atoms. The van der Waals surface area contributed by atoms with Gasteiger partial charge in [0.2, 0.25) is 5.91 Å².